The zero-order valence-corrected chi connectivity index (χ0v) is 13.4. The van der Waals surface area contributed by atoms with Crippen molar-refractivity contribution in [2.75, 3.05) is 13.6 Å². The first kappa shape index (κ1) is 15.6. The van der Waals surface area contributed by atoms with Crippen molar-refractivity contribution < 1.29 is 9.13 Å². The van der Waals surface area contributed by atoms with Crippen LogP contribution in [0.15, 0.2) is 23.2 Å². The van der Waals surface area contributed by atoms with Crippen LogP contribution in [0.25, 0.3) is 0 Å². The Morgan fingerprint density at radius 2 is 2.32 bits per heavy atom. The number of hydrogen-bond acceptors (Lipinski definition) is 2. The highest BCUT2D eigenvalue weighted by Gasteiger charge is 2.41. The minimum absolute atomic E-state index is 0.265. The Morgan fingerprint density at radius 1 is 1.45 bits per heavy atom. The number of benzene rings is 1. The van der Waals surface area contributed by atoms with E-state index < -0.39 is 0 Å². The zero-order valence-electron chi connectivity index (χ0n) is 12.6. The van der Waals surface area contributed by atoms with Crippen LogP contribution in [0.4, 0.5) is 4.39 Å². The first-order chi connectivity index (χ1) is 10.7. The Kier molecular flexibility index (Phi) is 4.84. The Hall–Kier alpha value is -1.33. The van der Waals surface area contributed by atoms with Crippen molar-refractivity contribution in [2.24, 2.45) is 4.99 Å². The van der Waals surface area contributed by atoms with Gasteiger partial charge in [-0.1, -0.05) is 17.7 Å². The largest absolute Gasteiger partial charge is 0.373 e. The SMILES string of the molecule is CN=C(NCCc1c(F)cccc1Cl)NC1CC2CCC1O2. The number of hydrogen-bond donors (Lipinski definition) is 2. The first-order valence-electron chi connectivity index (χ1n) is 7.73. The fourth-order valence-corrected chi connectivity index (χ4v) is 3.49. The number of rotatable bonds is 4. The first-order valence-corrected chi connectivity index (χ1v) is 8.10. The number of halogens is 2. The molecule has 4 nitrogen and oxygen atoms in total. The molecular weight excluding hydrogens is 305 g/mol. The lowest BCUT2D eigenvalue weighted by Gasteiger charge is -2.22. The fraction of sp³-hybridized carbons (Fsp3) is 0.562. The summed E-state index contributed by atoms with van der Waals surface area (Å²) in [4.78, 5) is 4.22. The lowest BCUT2D eigenvalue weighted by molar-refractivity contribution is 0.0992. The summed E-state index contributed by atoms with van der Waals surface area (Å²) < 4.78 is 19.5. The molecule has 2 bridgehead atoms. The number of ether oxygens (including phenoxy) is 1. The van der Waals surface area contributed by atoms with Gasteiger partial charge in [-0.15, -0.1) is 0 Å². The minimum Gasteiger partial charge on any atom is -0.373 e. The molecular formula is C16H21ClFN3O. The monoisotopic (exact) mass is 325 g/mol. The van der Waals surface area contributed by atoms with Crippen LogP contribution in [-0.4, -0.2) is 37.8 Å². The average molecular weight is 326 g/mol. The third-order valence-corrected chi connectivity index (χ3v) is 4.73. The summed E-state index contributed by atoms with van der Waals surface area (Å²) in [5.74, 6) is 0.465. The number of aliphatic imine (C=N–C) groups is 1. The van der Waals surface area contributed by atoms with Crippen LogP contribution in [0.3, 0.4) is 0 Å². The van der Waals surface area contributed by atoms with E-state index in [2.05, 4.69) is 15.6 Å². The fourth-order valence-electron chi connectivity index (χ4n) is 3.24. The van der Waals surface area contributed by atoms with Gasteiger partial charge in [-0.05, 0) is 37.8 Å². The van der Waals surface area contributed by atoms with Gasteiger partial charge in [-0.3, -0.25) is 4.99 Å². The Bertz CT molecular complexity index is 546. The summed E-state index contributed by atoms with van der Waals surface area (Å²) in [5.41, 5.74) is 0.537. The summed E-state index contributed by atoms with van der Waals surface area (Å²) in [6, 6.07) is 5.08. The second-order valence-corrected chi connectivity index (χ2v) is 6.22. The molecule has 0 aliphatic carbocycles. The van der Waals surface area contributed by atoms with Crippen molar-refractivity contribution in [3.05, 3.63) is 34.6 Å². The van der Waals surface area contributed by atoms with E-state index in [1.807, 2.05) is 0 Å². The molecule has 22 heavy (non-hydrogen) atoms. The molecule has 1 aromatic rings. The molecule has 2 saturated heterocycles. The zero-order chi connectivity index (χ0) is 15.5. The number of guanidine groups is 1. The molecule has 1 aromatic carbocycles. The van der Waals surface area contributed by atoms with Crippen LogP contribution in [0.1, 0.15) is 24.8 Å². The molecule has 2 heterocycles. The van der Waals surface area contributed by atoms with Gasteiger partial charge in [0.25, 0.3) is 0 Å². The van der Waals surface area contributed by atoms with Crippen molar-refractivity contribution in [1.82, 2.24) is 10.6 Å². The van der Waals surface area contributed by atoms with Crippen LogP contribution in [0, 0.1) is 5.82 Å². The summed E-state index contributed by atoms with van der Waals surface area (Å²) in [7, 11) is 1.74. The number of fused-ring (bicyclic) bond motifs is 2. The van der Waals surface area contributed by atoms with E-state index in [0.29, 0.717) is 41.8 Å². The van der Waals surface area contributed by atoms with E-state index in [1.54, 1.807) is 19.2 Å². The normalized spacial score (nSPS) is 27.2. The van der Waals surface area contributed by atoms with Gasteiger partial charge >= 0.3 is 0 Å². The van der Waals surface area contributed by atoms with Gasteiger partial charge in [0.15, 0.2) is 5.96 Å². The maximum atomic E-state index is 13.7. The predicted molar refractivity (Wildman–Crippen MR) is 85.9 cm³/mol. The molecule has 3 rings (SSSR count). The highest BCUT2D eigenvalue weighted by molar-refractivity contribution is 6.31. The molecule has 3 atom stereocenters. The van der Waals surface area contributed by atoms with Gasteiger partial charge in [0.1, 0.15) is 5.82 Å². The summed E-state index contributed by atoms with van der Waals surface area (Å²) in [6.45, 7) is 0.571. The third kappa shape index (κ3) is 3.36. The van der Waals surface area contributed by atoms with Gasteiger partial charge in [-0.25, -0.2) is 4.39 Å². The molecule has 0 aromatic heterocycles. The Balaban J connectivity index is 1.49. The Labute approximate surface area is 135 Å². The van der Waals surface area contributed by atoms with Crippen LogP contribution < -0.4 is 10.6 Å². The van der Waals surface area contributed by atoms with Gasteiger partial charge in [0, 0.05) is 24.2 Å². The molecule has 0 spiro atoms. The van der Waals surface area contributed by atoms with Gasteiger partial charge in [0.2, 0.25) is 0 Å². The van der Waals surface area contributed by atoms with Crippen molar-refractivity contribution >= 4 is 17.6 Å². The summed E-state index contributed by atoms with van der Waals surface area (Å²) in [5, 5.41) is 7.08. The van der Waals surface area contributed by atoms with Crippen LogP contribution >= 0.6 is 11.6 Å². The maximum Gasteiger partial charge on any atom is 0.191 e. The van der Waals surface area contributed by atoms with E-state index in [1.165, 1.54) is 12.5 Å². The van der Waals surface area contributed by atoms with E-state index in [9.17, 15) is 4.39 Å². The minimum atomic E-state index is -0.265. The maximum absolute atomic E-state index is 13.7. The Morgan fingerprint density at radius 3 is 2.95 bits per heavy atom. The van der Waals surface area contributed by atoms with Crippen molar-refractivity contribution in [2.45, 2.75) is 43.9 Å². The average Bonchev–Trinajstić information content (AvgIpc) is 3.11. The summed E-state index contributed by atoms with van der Waals surface area (Å²) >= 11 is 6.03. The lowest BCUT2D eigenvalue weighted by Crippen LogP contribution is -2.47. The number of nitrogens with one attached hydrogen (secondary N) is 2. The molecule has 0 radical (unpaired) electrons. The molecule has 2 N–H and O–H groups in total. The molecule has 0 amide bonds. The molecule has 6 heteroatoms. The van der Waals surface area contributed by atoms with Crippen LogP contribution in [-0.2, 0) is 11.2 Å². The second kappa shape index (κ2) is 6.84. The molecule has 2 fully saturated rings. The standard InChI is InChI=1S/C16H21ClFN3O/c1-19-16(21-14-9-10-5-6-15(14)22-10)20-8-7-11-12(17)3-2-4-13(11)18/h2-4,10,14-15H,5-9H2,1H3,(H2,19,20,21). The van der Waals surface area contributed by atoms with E-state index in [-0.39, 0.29) is 5.82 Å². The predicted octanol–water partition coefficient (Wildman–Crippen LogP) is 2.51. The topological polar surface area (TPSA) is 45.7 Å². The quantitative estimate of drug-likeness (QED) is 0.660. The van der Waals surface area contributed by atoms with Crippen LogP contribution in [0.2, 0.25) is 5.02 Å². The van der Waals surface area contributed by atoms with E-state index >= 15 is 0 Å². The van der Waals surface area contributed by atoms with Crippen molar-refractivity contribution in [3.8, 4) is 0 Å². The molecule has 2 aliphatic rings. The smallest absolute Gasteiger partial charge is 0.191 e. The molecule has 120 valence electrons. The van der Waals surface area contributed by atoms with Crippen molar-refractivity contribution in [3.63, 3.8) is 0 Å². The lowest BCUT2D eigenvalue weighted by atomic mass is 9.96. The van der Waals surface area contributed by atoms with Gasteiger partial charge < -0.3 is 15.4 Å². The highest BCUT2D eigenvalue weighted by atomic mass is 35.5. The summed E-state index contributed by atoms with van der Waals surface area (Å²) in [6.07, 6.45) is 4.52. The molecule has 3 unspecified atom stereocenters. The third-order valence-electron chi connectivity index (χ3n) is 4.38. The molecule has 0 saturated carbocycles. The second-order valence-electron chi connectivity index (χ2n) is 5.81. The number of nitrogens with zero attached hydrogens (tertiary/aromatic N) is 1. The van der Waals surface area contributed by atoms with E-state index in [0.717, 1.165) is 18.8 Å². The molecule has 2 aliphatic heterocycles. The van der Waals surface area contributed by atoms with Gasteiger partial charge in [0.05, 0.1) is 18.2 Å². The van der Waals surface area contributed by atoms with Crippen LogP contribution in [0.5, 0.6) is 0 Å². The highest BCUT2D eigenvalue weighted by Crippen LogP contribution is 2.34. The van der Waals surface area contributed by atoms with Gasteiger partial charge in [-0.2, -0.15) is 0 Å². The van der Waals surface area contributed by atoms with E-state index in [4.69, 9.17) is 16.3 Å². The van der Waals surface area contributed by atoms with Crippen molar-refractivity contribution in [1.29, 1.82) is 0 Å².